The van der Waals surface area contributed by atoms with E-state index in [-0.39, 0.29) is 12.5 Å². The fourth-order valence-corrected chi connectivity index (χ4v) is 4.48. The van der Waals surface area contributed by atoms with Crippen molar-refractivity contribution in [2.24, 2.45) is 0 Å². The SMILES string of the molecule is O=C(c1c(CO)ccc2ccc3ccccc3c12)N(Cc1ccccc1)Cc1ccccc1. The second-order valence-electron chi connectivity index (χ2n) is 8.28. The molecule has 0 radical (unpaired) electrons. The lowest BCUT2D eigenvalue weighted by atomic mass is 9.93. The van der Waals surface area contributed by atoms with Gasteiger partial charge in [-0.2, -0.15) is 0 Å². The molecule has 5 aromatic rings. The van der Waals surface area contributed by atoms with E-state index in [0.717, 1.165) is 32.7 Å². The lowest BCUT2D eigenvalue weighted by Gasteiger charge is -2.25. The smallest absolute Gasteiger partial charge is 0.255 e. The Hall–Kier alpha value is -3.95. The summed E-state index contributed by atoms with van der Waals surface area (Å²) in [6, 6.07) is 36.2. The number of hydrogen-bond acceptors (Lipinski definition) is 2. The maximum atomic E-state index is 14.2. The topological polar surface area (TPSA) is 40.5 Å². The quantitative estimate of drug-likeness (QED) is 0.319. The van der Waals surface area contributed by atoms with Crippen molar-refractivity contribution >= 4 is 27.5 Å². The van der Waals surface area contributed by atoms with Crippen molar-refractivity contribution < 1.29 is 9.90 Å². The third kappa shape index (κ3) is 4.23. The molecule has 0 unspecified atom stereocenters. The fraction of sp³-hybridized carbons (Fsp3) is 0.100. The van der Waals surface area contributed by atoms with Crippen LogP contribution in [0.15, 0.2) is 109 Å². The van der Waals surface area contributed by atoms with Crippen LogP contribution in [0.5, 0.6) is 0 Å². The van der Waals surface area contributed by atoms with Crippen LogP contribution in [0.3, 0.4) is 0 Å². The highest BCUT2D eigenvalue weighted by Gasteiger charge is 2.23. The molecule has 3 nitrogen and oxygen atoms in total. The van der Waals surface area contributed by atoms with Crippen LogP contribution in [-0.4, -0.2) is 15.9 Å². The van der Waals surface area contributed by atoms with Crippen LogP contribution in [0.1, 0.15) is 27.0 Å². The van der Waals surface area contributed by atoms with Crippen molar-refractivity contribution in [3.05, 3.63) is 131 Å². The number of nitrogens with zero attached hydrogens (tertiary/aromatic N) is 1. The van der Waals surface area contributed by atoms with Gasteiger partial charge in [-0.1, -0.05) is 109 Å². The summed E-state index contributed by atoms with van der Waals surface area (Å²) >= 11 is 0. The summed E-state index contributed by atoms with van der Waals surface area (Å²) in [6.07, 6.45) is 0. The van der Waals surface area contributed by atoms with Gasteiger partial charge in [-0.25, -0.2) is 0 Å². The number of aliphatic hydroxyl groups excluding tert-OH is 1. The maximum Gasteiger partial charge on any atom is 0.255 e. The van der Waals surface area contributed by atoms with Crippen LogP contribution in [0.4, 0.5) is 0 Å². The molecule has 0 aliphatic carbocycles. The number of carbonyl (C=O) groups is 1. The van der Waals surface area contributed by atoms with E-state index in [9.17, 15) is 9.90 Å². The molecule has 0 atom stereocenters. The summed E-state index contributed by atoms with van der Waals surface area (Å²) in [5.74, 6) is -0.0753. The molecule has 162 valence electrons. The molecule has 3 heteroatoms. The van der Waals surface area contributed by atoms with E-state index in [1.165, 1.54) is 0 Å². The van der Waals surface area contributed by atoms with E-state index < -0.39 is 0 Å². The number of hydrogen-bond donors (Lipinski definition) is 1. The van der Waals surface area contributed by atoms with Crippen LogP contribution >= 0.6 is 0 Å². The highest BCUT2D eigenvalue weighted by Crippen LogP contribution is 2.32. The Balaban J connectivity index is 1.68. The molecule has 0 fully saturated rings. The molecular formula is C30H25NO2. The fourth-order valence-electron chi connectivity index (χ4n) is 4.48. The Morgan fingerprint density at radius 3 is 1.82 bits per heavy atom. The molecule has 0 heterocycles. The summed E-state index contributed by atoms with van der Waals surface area (Å²) in [6.45, 7) is 0.784. The normalized spacial score (nSPS) is 11.1. The molecular weight excluding hydrogens is 406 g/mol. The van der Waals surface area contributed by atoms with Crippen LogP contribution in [0, 0.1) is 0 Å². The summed E-state index contributed by atoms with van der Waals surface area (Å²) in [5, 5.41) is 14.2. The first-order valence-corrected chi connectivity index (χ1v) is 11.2. The van der Waals surface area contributed by atoms with Gasteiger partial charge >= 0.3 is 0 Å². The average molecular weight is 432 g/mol. The Morgan fingerprint density at radius 1 is 0.636 bits per heavy atom. The maximum absolute atomic E-state index is 14.2. The predicted molar refractivity (Wildman–Crippen MR) is 134 cm³/mol. The summed E-state index contributed by atoms with van der Waals surface area (Å²) in [4.78, 5) is 16.1. The summed E-state index contributed by atoms with van der Waals surface area (Å²) in [5.41, 5.74) is 3.36. The molecule has 0 aromatic heterocycles. The van der Waals surface area contributed by atoms with Gasteiger partial charge in [-0.05, 0) is 32.8 Å². The highest BCUT2D eigenvalue weighted by atomic mass is 16.3. The Labute approximate surface area is 193 Å². The molecule has 0 saturated heterocycles. The lowest BCUT2D eigenvalue weighted by molar-refractivity contribution is 0.0729. The number of carbonyl (C=O) groups excluding carboxylic acids is 1. The number of benzene rings is 5. The largest absolute Gasteiger partial charge is 0.392 e. The number of aliphatic hydroxyl groups is 1. The van der Waals surface area contributed by atoms with Crippen molar-refractivity contribution in [3.8, 4) is 0 Å². The molecule has 1 amide bonds. The van der Waals surface area contributed by atoms with Gasteiger partial charge in [0.25, 0.3) is 5.91 Å². The molecule has 5 rings (SSSR count). The minimum Gasteiger partial charge on any atom is -0.392 e. The first-order valence-electron chi connectivity index (χ1n) is 11.2. The minimum atomic E-state index is -0.190. The van der Waals surface area contributed by atoms with Gasteiger partial charge in [-0.15, -0.1) is 0 Å². The zero-order valence-corrected chi connectivity index (χ0v) is 18.3. The van der Waals surface area contributed by atoms with Gasteiger partial charge in [0.05, 0.1) is 12.2 Å². The molecule has 0 aliphatic heterocycles. The Morgan fingerprint density at radius 2 is 1.18 bits per heavy atom. The van der Waals surface area contributed by atoms with Gasteiger partial charge in [-0.3, -0.25) is 4.79 Å². The van der Waals surface area contributed by atoms with Gasteiger partial charge in [0, 0.05) is 18.5 Å². The molecule has 0 spiro atoms. The monoisotopic (exact) mass is 431 g/mol. The van der Waals surface area contributed by atoms with Crippen LogP contribution in [0.2, 0.25) is 0 Å². The van der Waals surface area contributed by atoms with E-state index in [0.29, 0.717) is 24.2 Å². The van der Waals surface area contributed by atoms with Crippen molar-refractivity contribution in [1.29, 1.82) is 0 Å². The van der Waals surface area contributed by atoms with Crippen LogP contribution in [0.25, 0.3) is 21.5 Å². The van der Waals surface area contributed by atoms with Gasteiger partial charge in [0.1, 0.15) is 0 Å². The summed E-state index contributed by atoms with van der Waals surface area (Å²) in [7, 11) is 0. The average Bonchev–Trinajstić information content (AvgIpc) is 2.88. The van der Waals surface area contributed by atoms with Crippen molar-refractivity contribution in [2.75, 3.05) is 0 Å². The van der Waals surface area contributed by atoms with E-state index in [1.807, 2.05) is 102 Å². The van der Waals surface area contributed by atoms with E-state index in [2.05, 4.69) is 12.1 Å². The van der Waals surface area contributed by atoms with E-state index in [4.69, 9.17) is 0 Å². The molecule has 1 N–H and O–H groups in total. The van der Waals surface area contributed by atoms with Crippen LogP contribution in [-0.2, 0) is 19.7 Å². The van der Waals surface area contributed by atoms with E-state index in [1.54, 1.807) is 0 Å². The highest BCUT2D eigenvalue weighted by molar-refractivity contribution is 6.18. The van der Waals surface area contributed by atoms with Crippen molar-refractivity contribution in [2.45, 2.75) is 19.7 Å². The molecule has 0 aliphatic rings. The first kappa shape index (κ1) is 20.9. The Bertz CT molecular complexity index is 1370. The predicted octanol–water partition coefficient (Wildman–Crippen LogP) is 6.33. The van der Waals surface area contributed by atoms with Gasteiger partial charge < -0.3 is 10.0 Å². The number of fused-ring (bicyclic) bond motifs is 3. The van der Waals surface area contributed by atoms with Crippen molar-refractivity contribution in [1.82, 2.24) is 4.90 Å². The van der Waals surface area contributed by atoms with Crippen LogP contribution < -0.4 is 0 Å². The second-order valence-corrected chi connectivity index (χ2v) is 8.28. The Kier molecular flexibility index (Phi) is 5.88. The zero-order chi connectivity index (χ0) is 22.6. The number of rotatable bonds is 6. The summed E-state index contributed by atoms with van der Waals surface area (Å²) < 4.78 is 0. The zero-order valence-electron chi connectivity index (χ0n) is 18.3. The third-order valence-corrected chi connectivity index (χ3v) is 6.10. The molecule has 0 bridgehead atoms. The molecule has 33 heavy (non-hydrogen) atoms. The van der Waals surface area contributed by atoms with Gasteiger partial charge in [0.2, 0.25) is 0 Å². The number of amides is 1. The van der Waals surface area contributed by atoms with Crippen molar-refractivity contribution in [3.63, 3.8) is 0 Å². The minimum absolute atomic E-state index is 0.0753. The first-order chi connectivity index (χ1) is 16.2. The van der Waals surface area contributed by atoms with Gasteiger partial charge in [0.15, 0.2) is 0 Å². The standard InChI is InChI=1S/C30H25NO2/c32-21-26-18-17-25-16-15-24-13-7-8-14-27(24)28(25)29(26)30(33)31(19-22-9-3-1-4-10-22)20-23-11-5-2-6-12-23/h1-18,32H,19-21H2. The van der Waals surface area contributed by atoms with E-state index >= 15 is 0 Å². The molecule has 5 aromatic carbocycles. The second kappa shape index (κ2) is 9.27. The third-order valence-electron chi connectivity index (χ3n) is 6.10. The molecule has 0 saturated carbocycles. The lowest BCUT2D eigenvalue weighted by Crippen LogP contribution is -2.31.